The average Bonchev–Trinajstić information content (AvgIpc) is 1.82. The molecule has 2 nitrogen and oxygen atoms in total. The molecule has 66 valence electrons. The van der Waals surface area contributed by atoms with E-state index in [4.69, 9.17) is 0 Å². The third-order valence-corrected chi connectivity index (χ3v) is 1.68. The van der Waals surface area contributed by atoms with Crippen LogP contribution in [-0.4, -0.2) is 17.7 Å². The summed E-state index contributed by atoms with van der Waals surface area (Å²) < 4.78 is -0.0636. The van der Waals surface area contributed by atoms with Gasteiger partial charge in [0.15, 0.2) is 0 Å². The smallest absolute Gasteiger partial charge is 0.222 e. The average molecular weight is 175 g/mol. The summed E-state index contributed by atoms with van der Waals surface area (Å²) in [7, 11) is 1.66. The van der Waals surface area contributed by atoms with Crippen LogP contribution >= 0.6 is 12.6 Å². The number of hydrogen-bond donors (Lipinski definition) is 2. The van der Waals surface area contributed by atoms with Crippen molar-refractivity contribution in [2.75, 3.05) is 7.05 Å². The number of rotatable bonds is 3. The lowest BCUT2D eigenvalue weighted by molar-refractivity contribution is -0.124. The van der Waals surface area contributed by atoms with Crippen molar-refractivity contribution in [1.29, 1.82) is 0 Å². The molecule has 0 aromatic rings. The van der Waals surface area contributed by atoms with Crippen LogP contribution in [0, 0.1) is 5.92 Å². The third-order valence-electron chi connectivity index (χ3n) is 1.50. The monoisotopic (exact) mass is 175 g/mol. The molecule has 0 radical (unpaired) electrons. The summed E-state index contributed by atoms with van der Waals surface area (Å²) in [5, 5.41) is 2.61. The molecule has 1 atom stereocenters. The maximum absolute atomic E-state index is 11.0. The van der Waals surface area contributed by atoms with Crippen LogP contribution in [0.15, 0.2) is 0 Å². The highest BCUT2D eigenvalue weighted by Gasteiger charge is 2.20. The Labute approximate surface area is 74.2 Å². The van der Waals surface area contributed by atoms with Crippen molar-refractivity contribution in [3.05, 3.63) is 0 Å². The van der Waals surface area contributed by atoms with Gasteiger partial charge in [0.2, 0.25) is 5.91 Å². The van der Waals surface area contributed by atoms with Crippen LogP contribution in [0.5, 0.6) is 0 Å². The van der Waals surface area contributed by atoms with E-state index in [1.54, 1.807) is 7.05 Å². The minimum atomic E-state index is -0.0636. The number of thiol groups is 1. The summed E-state index contributed by atoms with van der Waals surface area (Å²) in [5.41, 5.74) is 0. The fourth-order valence-corrected chi connectivity index (χ4v) is 1.36. The molecule has 0 aliphatic rings. The zero-order valence-electron chi connectivity index (χ0n) is 7.64. The molecule has 0 saturated heterocycles. The molecule has 0 saturated carbocycles. The number of carbonyl (C=O) groups excluding carboxylic acids is 1. The minimum absolute atomic E-state index is 0.0486. The van der Waals surface area contributed by atoms with E-state index in [9.17, 15) is 4.79 Å². The number of hydrogen-bond acceptors (Lipinski definition) is 2. The van der Waals surface area contributed by atoms with Gasteiger partial charge >= 0.3 is 0 Å². The van der Waals surface area contributed by atoms with Crippen molar-refractivity contribution in [2.45, 2.75) is 31.9 Å². The van der Waals surface area contributed by atoms with Crippen molar-refractivity contribution in [3.63, 3.8) is 0 Å². The van der Waals surface area contributed by atoms with Crippen LogP contribution in [0.25, 0.3) is 0 Å². The molecular weight excluding hydrogens is 158 g/mol. The van der Waals surface area contributed by atoms with E-state index in [1.165, 1.54) is 0 Å². The molecule has 0 aromatic carbocycles. The zero-order valence-corrected chi connectivity index (χ0v) is 8.53. The Morgan fingerprint density at radius 2 is 2.09 bits per heavy atom. The highest BCUT2D eigenvalue weighted by atomic mass is 32.1. The predicted molar refractivity (Wildman–Crippen MR) is 50.9 cm³/mol. The fourth-order valence-electron chi connectivity index (χ4n) is 1.09. The Morgan fingerprint density at radius 3 is 2.36 bits per heavy atom. The molecule has 3 heteroatoms. The second-order valence-corrected chi connectivity index (χ2v) is 4.74. The van der Waals surface area contributed by atoms with E-state index in [0.717, 1.165) is 6.42 Å². The van der Waals surface area contributed by atoms with Gasteiger partial charge in [0.1, 0.15) is 0 Å². The number of carbonyl (C=O) groups is 1. The van der Waals surface area contributed by atoms with E-state index in [2.05, 4.69) is 17.9 Å². The Balaban J connectivity index is 3.87. The molecule has 0 bridgehead atoms. The minimum Gasteiger partial charge on any atom is -0.359 e. The van der Waals surface area contributed by atoms with Gasteiger partial charge in [-0.15, -0.1) is 0 Å². The quantitative estimate of drug-likeness (QED) is 0.625. The van der Waals surface area contributed by atoms with Crippen LogP contribution in [-0.2, 0) is 4.79 Å². The van der Waals surface area contributed by atoms with Gasteiger partial charge in [0, 0.05) is 17.7 Å². The van der Waals surface area contributed by atoms with Crippen molar-refractivity contribution < 1.29 is 4.79 Å². The fraction of sp³-hybridized carbons (Fsp3) is 0.875. The molecular formula is C8H17NOS. The highest BCUT2D eigenvalue weighted by molar-refractivity contribution is 7.81. The van der Waals surface area contributed by atoms with Crippen LogP contribution in [0.1, 0.15) is 27.2 Å². The predicted octanol–water partition coefficient (Wildman–Crippen LogP) is 1.47. The van der Waals surface area contributed by atoms with Gasteiger partial charge in [-0.3, -0.25) is 4.79 Å². The topological polar surface area (TPSA) is 29.1 Å². The van der Waals surface area contributed by atoms with Crippen molar-refractivity contribution in [1.82, 2.24) is 5.32 Å². The van der Waals surface area contributed by atoms with Gasteiger partial charge in [0.25, 0.3) is 0 Å². The van der Waals surface area contributed by atoms with E-state index < -0.39 is 0 Å². The second kappa shape index (κ2) is 4.00. The third kappa shape index (κ3) is 5.13. The van der Waals surface area contributed by atoms with E-state index in [-0.39, 0.29) is 16.6 Å². The molecule has 1 N–H and O–H groups in total. The second-order valence-electron chi connectivity index (χ2n) is 3.53. The molecule has 0 aromatic heterocycles. The summed E-state index contributed by atoms with van der Waals surface area (Å²) in [6, 6.07) is 0. The van der Waals surface area contributed by atoms with Gasteiger partial charge in [-0.05, 0) is 6.42 Å². The molecule has 0 aliphatic carbocycles. The Hall–Kier alpha value is -0.180. The summed E-state index contributed by atoms with van der Waals surface area (Å²) in [4.78, 5) is 11.0. The Kier molecular flexibility index (Phi) is 3.93. The van der Waals surface area contributed by atoms with Gasteiger partial charge in [-0.2, -0.15) is 12.6 Å². The van der Waals surface area contributed by atoms with Crippen molar-refractivity contribution >= 4 is 18.5 Å². The Morgan fingerprint density at radius 1 is 1.64 bits per heavy atom. The molecule has 0 rings (SSSR count). The van der Waals surface area contributed by atoms with Crippen LogP contribution in [0.2, 0.25) is 0 Å². The van der Waals surface area contributed by atoms with Gasteiger partial charge in [-0.1, -0.05) is 20.8 Å². The van der Waals surface area contributed by atoms with Crippen LogP contribution in [0.4, 0.5) is 0 Å². The summed E-state index contributed by atoms with van der Waals surface area (Å²) >= 11 is 4.35. The number of amides is 1. The van der Waals surface area contributed by atoms with E-state index in [0.29, 0.717) is 0 Å². The summed E-state index contributed by atoms with van der Waals surface area (Å²) in [6.45, 7) is 5.93. The first-order valence-electron chi connectivity index (χ1n) is 3.81. The normalized spacial score (nSPS) is 14.3. The standard InChI is InChI=1S/C8H17NOS/c1-6(7(10)9-4)5-8(2,3)11/h6,11H,5H2,1-4H3,(H,9,10). The first kappa shape index (κ1) is 10.8. The van der Waals surface area contributed by atoms with Gasteiger partial charge in [0.05, 0.1) is 0 Å². The SMILES string of the molecule is CNC(=O)C(C)CC(C)(C)S. The molecule has 0 fully saturated rings. The van der Waals surface area contributed by atoms with Gasteiger partial charge < -0.3 is 5.32 Å². The molecule has 1 unspecified atom stereocenters. The van der Waals surface area contributed by atoms with Crippen LogP contribution < -0.4 is 5.32 Å². The molecule has 0 heterocycles. The maximum Gasteiger partial charge on any atom is 0.222 e. The highest BCUT2D eigenvalue weighted by Crippen LogP contribution is 2.22. The largest absolute Gasteiger partial charge is 0.359 e. The molecule has 0 aliphatic heterocycles. The lowest BCUT2D eigenvalue weighted by Gasteiger charge is -2.20. The maximum atomic E-state index is 11.0. The van der Waals surface area contributed by atoms with E-state index in [1.807, 2.05) is 20.8 Å². The number of nitrogens with one attached hydrogen (secondary N) is 1. The van der Waals surface area contributed by atoms with Crippen molar-refractivity contribution in [3.8, 4) is 0 Å². The van der Waals surface area contributed by atoms with Crippen LogP contribution in [0.3, 0.4) is 0 Å². The Bertz CT molecular complexity index is 140. The summed E-state index contributed by atoms with van der Waals surface area (Å²) in [6.07, 6.45) is 0.801. The first-order valence-corrected chi connectivity index (χ1v) is 4.25. The summed E-state index contributed by atoms with van der Waals surface area (Å²) in [5.74, 6) is 0.139. The molecule has 0 spiro atoms. The molecule has 11 heavy (non-hydrogen) atoms. The van der Waals surface area contributed by atoms with Gasteiger partial charge in [-0.25, -0.2) is 0 Å². The lowest BCUT2D eigenvalue weighted by atomic mass is 9.97. The molecule has 1 amide bonds. The first-order chi connectivity index (χ1) is 4.87. The lowest BCUT2D eigenvalue weighted by Crippen LogP contribution is -2.29. The van der Waals surface area contributed by atoms with E-state index >= 15 is 0 Å². The zero-order chi connectivity index (χ0) is 9.07. The van der Waals surface area contributed by atoms with Crippen molar-refractivity contribution in [2.24, 2.45) is 5.92 Å².